The Bertz CT molecular complexity index is 424. The van der Waals surface area contributed by atoms with E-state index in [9.17, 15) is 0 Å². The van der Waals surface area contributed by atoms with E-state index < -0.39 is 0 Å². The van der Waals surface area contributed by atoms with Gasteiger partial charge in [0.1, 0.15) is 0 Å². The SMILES string of the molecule is ClCCc1ncc(-c2sccc2Cl)o1. The maximum atomic E-state index is 5.96. The number of alkyl halides is 1. The molecule has 2 heterocycles. The molecule has 0 aliphatic rings. The monoisotopic (exact) mass is 247 g/mol. The summed E-state index contributed by atoms with van der Waals surface area (Å²) < 4.78 is 5.48. The fourth-order valence-corrected chi connectivity index (χ4v) is 2.34. The molecule has 0 unspecified atom stereocenters. The van der Waals surface area contributed by atoms with E-state index in [1.165, 1.54) is 11.3 Å². The Balaban J connectivity index is 2.29. The van der Waals surface area contributed by atoms with Gasteiger partial charge in [-0.25, -0.2) is 4.98 Å². The van der Waals surface area contributed by atoms with Crippen molar-refractivity contribution in [3.63, 3.8) is 0 Å². The van der Waals surface area contributed by atoms with Crippen LogP contribution in [-0.2, 0) is 6.42 Å². The molecule has 0 bridgehead atoms. The number of halogens is 2. The van der Waals surface area contributed by atoms with Crippen molar-refractivity contribution in [1.82, 2.24) is 4.98 Å². The van der Waals surface area contributed by atoms with Gasteiger partial charge in [-0.1, -0.05) is 11.6 Å². The van der Waals surface area contributed by atoms with E-state index in [2.05, 4.69) is 4.98 Å². The molecule has 2 aromatic rings. The molecule has 2 rings (SSSR count). The number of hydrogen-bond donors (Lipinski definition) is 0. The molecule has 0 saturated heterocycles. The number of hydrogen-bond acceptors (Lipinski definition) is 3. The molecule has 0 radical (unpaired) electrons. The highest BCUT2D eigenvalue weighted by Crippen LogP contribution is 2.33. The number of nitrogens with zero attached hydrogens (tertiary/aromatic N) is 1. The van der Waals surface area contributed by atoms with Gasteiger partial charge in [0, 0.05) is 12.3 Å². The van der Waals surface area contributed by atoms with Gasteiger partial charge in [0.25, 0.3) is 0 Å². The van der Waals surface area contributed by atoms with Crippen LogP contribution in [-0.4, -0.2) is 10.9 Å². The molecule has 5 heteroatoms. The van der Waals surface area contributed by atoms with Crippen LogP contribution in [0.1, 0.15) is 5.89 Å². The Morgan fingerprint density at radius 3 is 3.00 bits per heavy atom. The second-order valence-electron chi connectivity index (χ2n) is 2.65. The molecule has 0 amide bonds. The first-order valence-electron chi connectivity index (χ1n) is 4.05. The second-order valence-corrected chi connectivity index (χ2v) is 4.36. The van der Waals surface area contributed by atoms with Gasteiger partial charge in [0.2, 0.25) is 0 Å². The van der Waals surface area contributed by atoms with Crippen LogP contribution in [0.4, 0.5) is 0 Å². The van der Waals surface area contributed by atoms with Crippen LogP contribution >= 0.6 is 34.5 Å². The molecule has 2 nitrogen and oxygen atoms in total. The minimum atomic E-state index is 0.512. The third-order valence-corrected chi connectivity index (χ3v) is 3.25. The molecule has 74 valence electrons. The average Bonchev–Trinajstić information content (AvgIpc) is 2.74. The minimum absolute atomic E-state index is 0.512. The normalized spacial score (nSPS) is 10.7. The van der Waals surface area contributed by atoms with Crippen molar-refractivity contribution in [1.29, 1.82) is 0 Å². The summed E-state index contributed by atoms with van der Waals surface area (Å²) in [7, 11) is 0. The number of thiophene rings is 1. The molecule has 0 N–H and O–H groups in total. The Morgan fingerprint density at radius 1 is 1.50 bits per heavy atom. The van der Waals surface area contributed by atoms with Gasteiger partial charge in [0.15, 0.2) is 11.7 Å². The van der Waals surface area contributed by atoms with E-state index in [4.69, 9.17) is 27.6 Å². The third-order valence-electron chi connectivity index (χ3n) is 1.70. The molecule has 2 aromatic heterocycles. The lowest BCUT2D eigenvalue weighted by Gasteiger charge is -1.91. The summed E-state index contributed by atoms with van der Waals surface area (Å²) >= 11 is 13.1. The highest BCUT2D eigenvalue weighted by molar-refractivity contribution is 7.14. The summed E-state index contributed by atoms with van der Waals surface area (Å²) in [6.07, 6.45) is 2.32. The molecular formula is C9H7Cl2NOS. The third kappa shape index (κ3) is 1.95. The summed E-state index contributed by atoms with van der Waals surface area (Å²) in [5.41, 5.74) is 0. The Morgan fingerprint density at radius 2 is 2.36 bits per heavy atom. The molecular weight excluding hydrogens is 241 g/mol. The van der Waals surface area contributed by atoms with E-state index in [0.29, 0.717) is 29.0 Å². The second kappa shape index (κ2) is 4.34. The highest BCUT2D eigenvalue weighted by atomic mass is 35.5. The van der Waals surface area contributed by atoms with Gasteiger partial charge in [-0.05, 0) is 11.4 Å². The average molecular weight is 248 g/mol. The number of rotatable bonds is 3. The van der Waals surface area contributed by atoms with Crippen molar-refractivity contribution >= 4 is 34.5 Å². The van der Waals surface area contributed by atoms with Crippen LogP contribution in [0.5, 0.6) is 0 Å². The van der Waals surface area contributed by atoms with Gasteiger partial charge < -0.3 is 4.42 Å². The molecule has 0 aliphatic heterocycles. The summed E-state index contributed by atoms with van der Waals surface area (Å²) in [6.45, 7) is 0. The lowest BCUT2D eigenvalue weighted by Crippen LogP contribution is -1.83. The van der Waals surface area contributed by atoms with Gasteiger partial charge in [-0.3, -0.25) is 0 Å². The van der Waals surface area contributed by atoms with Gasteiger partial charge >= 0.3 is 0 Å². The summed E-state index contributed by atoms with van der Waals surface area (Å²) in [4.78, 5) is 5.02. The highest BCUT2D eigenvalue weighted by Gasteiger charge is 2.10. The lowest BCUT2D eigenvalue weighted by atomic mass is 10.4. The molecule has 0 spiro atoms. The Kier molecular flexibility index (Phi) is 3.11. The molecule has 14 heavy (non-hydrogen) atoms. The van der Waals surface area contributed by atoms with E-state index in [0.717, 1.165) is 4.88 Å². The minimum Gasteiger partial charge on any atom is -0.440 e. The first-order chi connectivity index (χ1) is 6.81. The first kappa shape index (κ1) is 10.0. The fraction of sp³-hybridized carbons (Fsp3) is 0.222. The predicted molar refractivity (Wildman–Crippen MR) is 59.3 cm³/mol. The summed E-state index contributed by atoms with van der Waals surface area (Å²) in [5.74, 6) is 1.88. The van der Waals surface area contributed by atoms with E-state index >= 15 is 0 Å². The van der Waals surface area contributed by atoms with Crippen molar-refractivity contribution in [2.24, 2.45) is 0 Å². The smallest absolute Gasteiger partial charge is 0.196 e. The zero-order valence-corrected chi connectivity index (χ0v) is 9.49. The van der Waals surface area contributed by atoms with Crippen LogP contribution in [0.25, 0.3) is 10.6 Å². The van der Waals surface area contributed by atoms with Crippen LogP contribution in [0, 0.1) is 0 Å². The van der Waals surface area contributed by atoms with E-state index in [1.807, 2.05) is 11.4 Å². The zero-order valence-electron chi connectivity index (χ0n) is 7.17. The number of oxazole rings is 1. The van der Waals surface area contributed by atoms with E-state index in [1.54, 1.807) is 6.20 Å². The first-order valence-corrected chi connectivity index (χ1v) is 5.84. The van der Waals surface area contributed by atoms with Crippen LogP contribution in [0.15, 0.2) is 22.1 Å². The molecule has 0 aromatic carbocycles. The molecule has 0 atom stereocenters. The van der Waals surface area contributed by atoms with Crippen molar-refractivity contribution in [3.05, 3.63) is 28.6 Å². The van der Waals surface area contributed by atoms with Gasteiger partial charge in [0.05, 0.1) is 16.1 Å². The number of aromatic nitrogens is 1. The predicted octanol–water partition coefficient (Wildman–Crippen LogP) is 3.84. The maximum Gasteiger partial charge on any atom is 0.196 e. The van der Waals surface area contributed by atoms with E-state index in [-0.39, 0.29) is 0 Å². The number of aryl methyl sites for hydroxylation is 1. The largest absolute Gasteiger partial charge is 0.440 e. The van der Waals surface area contributed by atoms with Crippen LogP contribution in [0.2, 0.25) is 5.02 Å². The fourth-order valence-electron chi connectivity index (χ4n) is 1.08. The van der Waals surface area contributed by atoms with Crippen LogP contribution < -0.4 is 0 Å². The molecule has 0 fully saturated rings. The quantitative estimate of drug-likeness (QED) is 0.771. The summed E-state index contributed by atoms with van der Waals surface area (Å²) in [6, 6.07) is 1.84. The Labute approximate surface area is 95.5 Å². The topological polar surface area (TPSA) is 26.0 Å². The standard InChI is InChI=1S/C9H7Cl2NOS/c10-3-1-8-12-5-7(13-8)9-6(11)2-4-14-9/h2,4-5H,1,3H2. The Hall–Kier alpha value is -0.510. The molecule has 0 saturated carbocycles. The van der Waals surface area contributed by atoms with Crippen molar-refractivity contribution in [3.8, 4) is 10.6 Å². The van der Waals surface area contributed by atoms with Gasteiger partial charge in [-0.15, -0.1) is 22.9 Å². The zero-order chi connectivity index (χ0) is 9.97. The maximum absolute atomic E-state index is 5.96. The van der Waals surface area contributed by atoms with Crippen molar-refractivity contribution in [2.75, 3.05) is 5.88 Å². The van der Waals surface area contributed by atoms with Crippen molar-refractivity contribution < 1.29 is 4.42 Å². The van der Waals surface area contributed by atoms with Gasteiger partial charge in [-0.2, -0.15) is 0 Å². The molecule has 0 aliphatic carbocycles. The van der Waals surface area contributed by atoms with Crippen LogP contribution in [0.3, 0.4) is 0 Å². The lowest BCUT2D eigenvalue weighted by molar-refractivity contribution is 0.516. The summed E-state index contributed by atoms with van der Waals surface area (Å²) in [5, 5.41) is 2.62. The van der Waals surface area contributed by atoms with Crippen molar-refractivity contribution in [2.45, 2.75) is 6.42 Å².